The molecule has 0 unspecified atom stereocenters. The van der Waals surface area contributed by atoms with Crippen LogP contribution in [0.4, 0.5) is 4.79 Å². The van der Waals surface area contributed by atoms with Gasteiger partial charge >= 0.3 is 12.1 Å². The van der Waals surface area contributed by atoms with Crippen LogP contribution in [0.5, 0.6) is 5.75 Å². The minimum absolute atomic E-state index is 0.305. The highest BCUT2D eigenvalue weighted by molar-refractivity contribution is 7.88. The SMILES string of the molecule is COC(=O)[C@@]1(Cc2cccc(-c3ccccc3OCCCN(C)C(=O)OC(C)(C)C)c2)CC[C@H](NS(C)(=O)=O)C1. The molecule has 0 aliphatic heterocycles. The normalized spacial score (nSPS) is 19.2. The summed E-state index contributed by atoms with van der Waals surface area (Å²) in [5.74, 6) is 0.399. The molecule has 2 aromatic rings. The number of amides is 1. The highest BCUT2D eigenvalue weighted by atomic mass is 32.2. The molecule has 1 aliphatic carbocycles. The van der Waals surface area contributed by atoms with Crippen LogP contribution in [0.25, 0.3) is 11.1 Å². The van der Waals surface area contributed by atoms with Gasteiger partial charge in [0, 0.05) is 25.2 Å². The first-order chi connectivity index (χ1) is 18.7. The van der Waals surface area contributed by atoms with Gasteiger partial charge in [-0.05, 0) is 70.1 Å². The lowest BCUT2D eigenvalue weighted by Crippen LogP contribution is -2.37. The first-order valence-corrected chi connectivity index (χ1v) is 15.4. The number of para-hydroxylation sites is 1. The van der Waals surface area contributed by atoms with Crippen LogP contribution in [0.1, 0.15) is 52.0 Å². The maximum Gasteiger partial charge on any atom is 0.410 e. The smallest absolute Gasteiger partial charge is 0.410 e. The highest BCUT2D eigenvalue weighted by Crippen LogP contribution is 2.43. The van der Waals surface area contributed by atoms with Crippen LogP contribution in [0, 0.1) is 5.41 Å². The summed E-state index contributed by atoms with van der Waals surface area (Å²) in [6.07, 6.45) is 3.33. The number of carbonyl (C=O) groups excluding carboxylic acids is 2. The largest absolute Gasteiger partial charge is 0.493 e. The van der Waals surface area contributed by atoms with Gasteiger partial charge in [0.05, 0.1) is 25.4 Å². The van der Waals surface area contributed by atoms with Crippen molar-refractivity contribution in [3.05, 3.63) is 54.1 Å². The molecule has 9 nitrogen and oxygen atoms in total. The Labute approximate surface area is 238 Å². The Kier molecular flexibility index (Phi) is 10.2. The van der Waals surface area contributed by atoms with Gasteiger partial charge in [-0.2, -0.15) is 0 Å². The molecule has 1 fully saturated rings. The average Bonchev–Trinajstić information content (AvgIpc) is 3.27. The van der Waals surface area contributed by atoms with Crippen molar-refractivity contribution < 1.29 is 32.2 Å². The van der Waals surface area contributed by atoms with E-state index >= 15 is 0 Å². The van der Waals surface area contributed by atoms with Crippen molar-refractivity contribution in [2.24, 2.45) is 5.41 Å². The Morgan fingerprint density at radius 1 is 1.12 bits per heavy atom. The van der Waals surface area contributed by atoms with E-state index in [-0.39, 0.29) is 18.1 Å². The van der Waals surface area contributed by atoms with Gasteiger partial charge in [-0.15, -0.1) is 0 Å². The van der Waals surface area contributed by atoms with Crippen molar-refractivity contribution in [1.82, 2.24) is 9.62 Å². The van der Waals surface area contributed by atoms with Crippen LogP contribution in [0.3, 0.4) is 0 Å². The number of sulfonamides is 1. The fourth-order valence-electron chi connectivity index (χ4n) is 5.15. The number of carbonyl (C=O) groups is 2. The van der Waals surface area contributed by atoms with Crippen LogP contribution in [-0.2, 0) is 30.7 Å². The van der Waals surface area contributed by atoms with E-state index in [4.69, 9.17) is 14.2 Å². The molecule has 1 amide bonds. The van der Waals surface area contributed by atoms with Crippen LogP contribution >= 0.6 is 0 Å². The molecule has 2 aromatic carbocycles. The summed E-state index contributed by atoms with van der Waals surface area (Å²) in [7, 11) is -0.300. The molecular weight excluding hydrogens is 532 g/mol. The second kappa shape index (κ2) is 13.0. The molecule has 0 saturated heterocycles. The molecule has 220 valence electrons. The zero-order valence-electron chi connectivity index (χ0n) is 24.4. The summed E-state index contributed by atoms with van der Waals surface area (Å²) in [5.41, 5.74) is 1.48. The first-order valence-electron chi connectivity index (χ1n) is 13.5. The minimum atomic E-state index is -3.38. The molecule has 0 aromatic heterocycles. The summed E-state index contributed by atoms with van der Waals surface area (Å²) in [5, 5.41) is 0. The van der Waals surface area contributed by atoms with E-state index in [1.54, 1.807) is 11.9 Å². The number of methoxy groups -OCH3 is 1. The summed E-state index contributed by atoms with van der Waals surface area (Å²) in [4.78, 5) is 26.6. The zero-order chi connectivity index (χ0) is 29.6. The summed E-state index contributed by atoms with van der Waals surface area (Å²) >= 11 is 0. The molecule has 10 heteroatoms. The van der Waals surface area contributed by atoms with Crippen molar-refractivity contribution in [3.8, 4) is 16.9 Å². The molecule has 3 rings (SSSR count). The molecule has 40 heavy (non-hydrogen) atoms. The number of nitrogens with zero attached hydrogens (tertiary/aromatic N) is 1. The monoisotopic (exact) mass is 574 g/mol. The first kappa shape index (κ1) is 31.4. The van der Waals surface area contributed by atoms with Gasteiger partial charge in [-0.3, -0.25) is 4.79 Å². The maximum absolute atomic E-state index is 12.9. The Morgan fingerprint density at radius 3 is 2.52 bits per heavy atom. The van der Waals surface area contributed by atoms with Crippen LogP contribution in [0.15, 0.2) is 48.5 Å². The lowest BCUT2D eigenvalue weighted by molar-refractivity contribution is -0.152. The van der Waals surface area contributed by atoms with Gasteiger partial charge in [-0.1, -0.05) is 42.5 Å². The van der Waals surface area contributed by atoms with Gasteiger partial charge in [0.2, 0.25) is 10.0 Å². The van der Waals surface area contributed by atoms with Gasteiger partial charge in [0.1, 0.15) is 11.4 Å². The Morgan fingerprint density at radius 2 is 1.85 bits per heavy atom. The predicted molar refractivity (Wildman–Crippen MR) is 155 cm³/mol. The molecule has 0 radical (unpaired) electrons. The second-order valence-corrected chi connectivity index (χ2v) is 13.4. The minimum Gasteiger partial charge on any atom is -0.493 e. The van der Waals surface area contributed by atoms with E-state index in [1.807, 2.05) is 69.3 Å². The Bertz CT molecular complexity index is 1290. The number of benzene rings is 2. The molecule has 1 aliphatic rings. The van der Waals surface area contributed by atoms with E-state index < -0.39 is 21.0 Å². The van der Waals surface area contributed by atoms with Gasteiger partial charge in [0.15, 0.2) is 0 Å². The topological polar surface area (TPSA) is 111 Å². The van der Waals surface area contributed by atoms with E-state index in [0.29, 0.717) is 45.3 Å². The standard InChI is InChI=1S/C30H42N2O7S/c1-29(2,3)39-28(34)32(4)17-10-18-38-26-14-8-7-13-25(26)23-12-9-11-22(19-23)20-30(27(33)37-5)16-15-24(21-30)31-40(6,35)36/h7-9,11-14,19,24,31H,10,15-18,20-21H2,1-6H3/t24-,30+/m0/s1. The number of hydrogen-bond acceptors (Lipinski definition) is 7. The van der Waals surface area contributed by atoms with Crippen molar-refractivity contribution in [3.63, 3.8) is 0 Å². The molecule has 0 heterocycles. The van der Waals surface area contributed by atoms with Gasteiger partial charge in [0.25, 0.3) is 0 Å². The van der Waals surface area contributed by atoms with E-state index in [2.05, 4.69) is 4.72 Å². The number of nitrogens with one attached hydrogen (secondary N) is 1. The van der Waals surface area contributed by atoms with Crippen molar-refractivity contribution in [2.75, 3.05) is 33.6 Å². The van der Waals surface area contributed by atoms with Crippen molar-refractivity contribution in [1.29, 1.82) is 0 Å². The molecule has 0 spiro atoms. The van der Waals surface area contributed by atoms with Gasteiger partial charge in [-0.25, -0.2) is 17.9 Å². The van der Waals surface area contributed by atoms with E-state index in [9.17, 15) is 18.0 Å². The van der Waals surface area contributed by atoms with E-state index in [1.165, 1.54) is 7.11 Å². The van der Waals surface area contributed by atoms with Crippen LogP contribution in [-0.4, -0.2) is 70.6 Å². The third-order valence-electron chi connectivity index (χ3n) is 6.88. The molecule has 0 bridgehead atoms. The Hall–Kier alpha value is -3.11. The molecule has 1 saturated carbocycles. The van der Waals surface area contributed by atoms with Crippen molar-refractivity contribution in [2.45, 2.75) is 64.5 Å². The second-order valence-electron chi connectivity index (χ2n) is 11.6. The average molecular weight is 575 g/mol. The fraction of sp³-hybridized carbons (Fsp3) is 0.533. The predicted octanol–water partition coefficient (Wildman–Crippen LogP) is 4.79. The van der Waals surface area contributed by atoms with Crippen LogP contribution in [0.2, 0.25) is 0 Å². The third kappa shape index (κ3) is 8.96. The lowest BCUT2D eigenvalue weighted by atomic mass is 9.79. The number of hydrogen-bond donors (Lipinski definition) is 1. The third-order valence-corrected chi connectivity index (χ3v) is 7.64. The number of esters is 1. The van der Waals surface area contributed by atoms with Gasteiger partial charge < -0.3 is 19.1 Å². The Balaban J connectivity index is 1.70. The molecular formula is C30H42N2O7S. The summed E-state index contributed by atoms with van der Waals surface area (Å²) < 4.78 is 42.9. The van der Waals surface area contributed by atoms with Crippen LogP contribution < -0.4 is 9.46 Å². The van der Waals surface area contributed by atoms with E-state index in [0.717, 1.165) is 28.7 Å². The lowest BCUT2D eigenvalue weighted by Gasteiger charge is -2.27. The maximum atomic E-state index is 12.9. The molecule has 2 atom stereocenters. The summed E-state index contributed by atoms with van der Waals surface area (Å²) in [6, 6.07) is 15.4. The zero-order valence-corrected chi connectivity index (χ0v) is 25.2. The fourth-order valence-corrected chi connectivity index (χ4v) is 5.96. The molecule has 1 N–H and O–H groups in total. The summed E-state index contributed by atoms with van der Waals surface area (Å²) in [6.45, 7) is 6.43. The quantitative estimate of drug-likeness (QED) is 0.303. The highest BCUT2D eigenvalue weighted by Gasteiger charge is 2.46. The number of ether oxygens (including phenoxy) is 3. The number of rotatable bonds is 11. The van der Waals surface area contributed by atoms with Crippen molar-refractivity contribution >= 4 is 22.1 Å².